The fraction of sp³-hybridized carbons (Fsp3) is 0.938. The minimum Gasteiger partial charge on any atom is -0.359 e. The second kappa shape index (κ2) is 11.3. The molecular weight excluding hydrogens is 236 g/mol. The van der Waals surface area contributed by atoms with Crippen LogP contribution in [-0.2, 0) is 4.74 Å². The predicted octanol–water partition coefficient (Wildman–Crippen LogP) is 4.22. The number of aliphatic imine (C=N–C) groups is 1. The van der Waals surface area contributed by atoms with E-state index in [0.717, 1.165) is 26.1 Å². The first kappa shape index (κ1) is 16.5. The Kier molecular flexibility index (Phi) is 9.78. The second-order valence-corrected chi connectivity index (χ2v) is 5.43. The molecular formula is C16H32N2O. The fourth-order valence-electron chi connectivity index (χ4n) is 2.60. The molecule has 0 aromatic carbocycles. The summed E-state index contributed by atoms with van der Waals surface area (Å²) in [4.78, 5) is 6.53. The quantitative estimate of drug-likeness (QED) is 0.495. The number of ether oxygens (including phenoxy) is 1. The molecule has 0 saturated heterocycles. The van der Waals surface area contributed by atoms with E-state index >= 15 is 0 Å². The van der Waals surface area contributed by atoms with Gasteiger partial charge in [0.2, 0.25) is 0 Å². The van der Waals surface area contributed by atoms with E-state index in [1.54, 1.807) is 0 Å². The standard InChI is InChI=1S/C16H32N2O/c1-3-5-6-7-8-9-10-11-12-16(19-4-2)18-14-13-17-15-18/h15-16H,3-14H2,1-2H3. The van der Waals surface area contributed by atoms with Crippen LogP contribution in [0.2, 0.25) is 0 Å². The first-order chi connectivity index (χ1) is 9.38. The van der Waals surface area contributed by atoms with Crippen LogP contribution in [0.3, 0.4) is 0 Å². The number of unbranched alkanes of at least 4 members (excludes halogenated alkanes) is 7. The summed E-state index contributed by atoms with van der Waals surface area (Å²) in [6.07, 6.45) is 14.4. The number of rotatable bonds is 12. The zero-order chi connectivity index (χ0) is 13.8. The van der Waals surface area contributed by atoms with E-state index in [1.165, 1.54) is 51.4 Å². The summed E-state index contributed by atoms with van der Waals surface area (Å²) in [6.45, 7) is 7.11. The van der Waals surface area contributed by atoms with Gasteiger partial charge in [0, 0.05) is 13.2 Å². The highest BCUT2D eigenvalue weighted by Gasteiger charge is 2.17. The lowest BCUT2D eigenvalue weighted by atomic mass is 10.1. The van der Waals surface area contributed by atoms with Gasteiger partial charge in [-0.2, -0.15) is 0 Å². The van der Waals surface area contributed by atoms with E-state index in [2.05, 4.69) is 23.7 Å². The first-order valence-corrected chi connectivity index (χ1v) is 8.25. The van der Waals surface area contributed by atoms with Gasteiger partial charge in [-0.05, 0) is 19.8 Å². The molecule has 112 valence electrons. The zero-order valence-electron chi connectivity index (χ0n) is 12.9. The molecule has 0 aliphatic carbocycles. The van der Waals surface area contributed by atoms with Gasteiger partial charge in [-0.15, -0.1) is 0 Å². The monoisotopic (exact) mass is 268 g/mol. The van der Waals surface area contributed by atoms with Crippen LogP contribution in [0.25, 0.3) is 0 Å². The van der Waals surface area contributed by atoms with E-state index in [4.69, 9.17) is 4.74 Å². The Hall–Kier alpha value is -0.570. The van der Waals surface area contributed by atoms with Gasteiger partial charge >= 0.3 is 0 Å². The third kappa shape index (κ3) is 7.56. The summed E-state index contributed by atoms with van der Waals surface area (Å²) in [6, 6.07) is 0. The molecule has 0 amide bonds. The lowest BCUT2D eigenvalue weighted by Crippen LogP contribution is -2.35. The summed E-state index contributed by atoms with van der Waals surface area (Å²) < 4.78 is 5.82. The molecule has 0 spiro atoms. The Bertz CT molecular complexity index is 231. The second-order valence-electron chi connectivity index (χ2n) is 5.43. The molecule has 0 aromatic heterocycles. The minimum atomic E-state index is 0.261. The van der Waals surface area contributed by atoms with Gasteiger partial charge < -0.3 is 9.64 Å². The molecule has 1 aliphatic heterocycles. The normalized spacial score (nSPS) is 16.2. The molecule has 3 heteroatoms. The third-order valence-electron chi connectivity index (χ3n) is 3.75. The zero-order valence-corrected chi connectivity index (χ0v) is 12.9. The van der Waals surface area contributed by atoms with E-state index in [0.29, 0.717) is 0 Å². The highest BCUT2D eigenvalue weighted by Crippen LogP contribution is 2.14. The molecule has 0 radical (unpaired) electrons. The van der Waals surface area contributed by atoms with Crippen molar-refractivity contribution in [2.75, 3.05) is 19.7 Å². The first-order valence-electron chi connectivity index (χ1n) is 8.25. The maximum absolute atomic E-state index is 5.82. The molecule has 1 heterocycles. The van der Waals surface area contributed by atoms with Crippen LogP contribution in [0, 0.1) is 0 Å². The SMILES string of the molecule is CCCCCCCCCCC(OCC)N1C=NCC1. The highest BCUT2D eigenvalue weighted by molar-refractivity contribution is 5.57. The van der Waals surface area contributed by atoms with Crippen molar-refractivity contribution in [1.29, 1.82) is 0 Å². The topological polar surface area (TPSA) is 24.8 Å². The van der Waals surface area contributed by atoms with Gasteiger partial charge in [-0.25, -0.2) is 0 Å². The predicted molar refractivity (Wildman–Crippen MR) is 82.7 cm³/mol. The van der Waals surface area contributed by atoms with Gasteiger partial charge in [-0.1, -0.05) is 51.9 Å². The van der Waals surface area contributed by atoms with Crippen molar-refractivity contribution in [1.82, 2.24) is 4.90 Å². The van der Waals surface area contributed by atoms with Gasteiger partial charge in [0.25, 0.3) is 0 Å². The lowest BCUT2D eigenvalue weighted by molar-refractivity contribution is -0.0202. The average molecular weight is 268 g/mol. The average Bonchev–Trinajstić information content (AvgIpc) is 2.94. The van der Waals surface area contributed by atoms with E-state index in [9.17, 15) is 0 Å². The summed E-state index contributed by atoms with van der Waals surface area (Å²) >= 11 is 0. The largest absolute Gasteiger partial charge is 0.359 e. The third-order valence-corrected chi connectivity index (χ3v) is 3.75. The Labute approximate surface area is 119 Å². The molecule has 3 nitrogen and oxygen atoms in total. The molecule has 19 heavy (non-hydrogen) atoms. The van der Waals surface area contributed by atoms with Crippen LogP contribution >= 0.6 is 0 Å². The van der Waals surface area contributed by atoms with Crippen molar-refractivity contribution in [3.05, 3.63) is 0 Å². The maximum atomic E-state index is 5.82. The molecule has 1 atom stereocenters. The Balaban J connectivity index is 2.00. The smallest absolute Gasteiger partial charge is 0.130 e. The Morgan fingerprint density at radius 2 is 1.74 bits per heavy atom. The van der Waals surface area contributed by atoms with E-state index < -0.39 is 0 Å². The van der Waals surface area contributed by atoms with E-state index in [1.807, 2.05) is 6.34 Å². The fourth-order valence-corrected chi connectivity index (χ4v) is 2.60. The summed E-state index contributed by atoms with van der Waals surface area (Å²) in [5, 5.41) is 0. The van der Waals surface area contributed by atoms with Crippen LogP contribution in [0.4, 0.5) is 0 Å². The van der Waals surface area contributed by atoms with Crippen LogP contribution in [0.5, 0.6) is 0 Å². The number of hydrogen-bond acceptors (Lipinski definition) is 3. The number of hydrogen-bond donors (Lipinski definition) is 0. The molecule has 1 unspecified atom stereocenters. The van der Waals surface area contributed by atoms with Crippen molar-refractivity contribution in [2.45, 2.75) is 77.9 Å². The molecule has 0 fully saturated rings. The Morgan fingerprint density at radius 3 is 2.32 bits per heavy atom. The van der Waals surface area contributed by atoms with Gasteiger partial charge in [0.1, 0.15) is 6.23 Å². The van der Waals surface area contributed by atoms with Gasteiger partial charge in [0.15, 0.2) is 0 Å². The van der Waals surface area contributed by atoms with Gasteiger partial charge in [0.05, 0.1) is 12.9 Å². The highest BCUT2D eigenvalue weighted by atomic mass is 16.5. The molecule has 0 N–H and O–H groups in total. The van der Waals surface area contributed by atoms with Crippen molar-refractivity contribution in [2.24, 2.45) is 4.99 Å². The molecule has 1 rings (SSSR count). The van der Waals surface area contributed by atoms with Crippen molar-refractivity contribution >= 4 is 6.34 Å². The number of nitrogens with zero attached hydrogens (tertiary/aromatic N) is 2. The Morgan fingerprint density at radius 1 is 1.05 bits per heavy atom. The van der Waals surface area contributed by atoms with Crippen molar-refractivity contribution in [3.8, 4) is 0 Å². The molecule has 0 bridgehead atoms. The summed E-state index contributed by atoms with van der Waals surface area (Å²) in [5.41, 5.74) is 0. The maximum Gasteiger partial charge on any atom is 0.130 e. The summed E-state index contributed by atoms with van der Waals surface area (Å²) in [7, 11) is 0. The summed E-state index contributed by atoms with van der Waals surface area (Å²) in [5.74, 6) is 0. The molecule has 0 aromatic rings. The molecule has 0 saturated carbocycles. The van der Waals surface area contributed by atoms with Crippen LogP contribution in [-0.4, -0.2) is 37.2 Å². The molecule has 1 aliphatic rings. The van der Waals surface area contributed by atoms with Crippen LogP contribution < -0.4 is 0 Å². The van der Waals surface area contributed by atoms with Gasteiger partial charge in [-0.3, -0.25) is 4.99 Å². The van der Waals surface area contributed by atoms with Crippen LogP contribution in [0.1, 0.15) is 71.6 Å². The van der Waals surface area contributed by atoms with Crippen LogP contribution in [0.15, 0.2) is 4.99 Å². The minimum absolute atomic E-state index is 0.261. The van der Waals surface area contributed by atoms with Crippen molar-refractivity contribution in [3.63, 3.8) is 0 Å². The van der Waals surface area contributed by atoms with Crippen molar-refractivity contribution < 1.29 is 4.74 Å². The lowest BCUT2D eigenvalue weighted by Gasteiger charge is -2.26. The van der Waals surface area contributed by atoms with E-state index in [-0.39, 0.29) is 6.23 Å².